The first-order chi connectivity index (χ1) is 9.63. The molecule has 3 atom stereocenters. The van der Waals surface area contributed by atoms with Gasteiger partial charge in [0.15, 0.2) is 11.5 Å². The molecular formula is C14H16O6. The molecule has 6 heteroatoms. The molecule has 3 unspecified atom stereocenters. The molecule has 1 aromatic rings. The van der Waals surface area contributed by atoms with Crippen molar-refractivity contribution in [2.75, 3.05) is 14.2 Å². The Labute approximate surface area is 116 Å². The second-order valence-corrected chi connectivity index (χ2v) is 4.72. The summed E-state index contributed by atoms with van der Waals surface area (Å²) in [5.41, 5.74) is 0.988. The standard InChI is InChI=1S/C14H16O6/c1-7(15)18-11-6-9-8-4-5-10(16-2)13(17-3)12(8)20-14(9)19-11/h4-5,9,11,14H,6H2,1-3H3. The van der Waals surface area contributed by atoms with Crippen LogP contribution in [-0.2, 0) is 14.3 Å². The van der Waals surface area contributed by atoms with E-state index in [9.17, 15) is 4.79 Å². The summed E-state index contributed by atoms with van der Waals surface area (Å²) in [7, 11) is 3.14. The van der Waals surface area contributed by atoms with Crippen molar-refractivity contribution in [2.24, 2.45) is 0 Å². The van der Waals surface area contributed by atoms with Gasteiger partial charge in [0, 0.05) is 18.9 Å². The molecule has 0 saturated carbocycles. The highest BCUT2D eigenvalue weighted by molar-refractivity contribution is 5.66. The lowest BCUT2D eigenvalue weighted by atomic mass is 9.98. The van der Waals surface area contributed by atoms with Crippen molar-refractivity contribution in [1.29, 1.82) is 0 Å². The second kappa shape index (κ2) is 4.86. The van der Waals surface area contributed by atoms with E-state index in [-0.39, 0.29) is 11.9 Å². The third-order valence-corrected chi connectivity index (χ3v) is 3.52. The fourth-order valence-electron chi connectivity index (χ4n) is 2.71. The molecule has 0 aliphatic carbocycles. The number of hydrogen-bond donors (Lipinski definition) is 0. The van der Waals surface area contributed by atoms with Gasteiger partial charge in [-0.05, 0) is 6.07 Å². The highest BCUT2D eigenvalue weighted by atomic mass is 16.8. The van der Waals surface area contributed by atoms with E-state index in [2.05, 4.69) is 0 Å². The number of carbonyl (C=O) groups is 1. The molecule has 2 heterocycles. The molecular weight excluding hydrogens is 264 g/mol. The summed E-state index contributed by atoms with van der Waals surface area (Å²) in [5, 5.41) is 0. The first kappa shape index (κ1) is 13.1. The molecule has 0 aromatic heterocycles. The van der Waals surface area contributed by atoms with Crippen LogP contribution in [0.3, 0.4) is 0 Å². The van der Waals surface area contributed by atoms with E-state index in [0.717, 1.165) is 5.56 Å². The second-order valence-electron chi connectivity index (χ2n) is 4.72. The molecule has 20 heavy (non-hydrogen) atoms. The fraction of sp³-hybridized carbons (Fsp3) is 0.500. The van der Waals surface area contributed by atoms with Crippen molar-refractivity contribution in [2.45, 2.75) is 31.8 Å². The van der Waals surface area contributed by atoms with Crippen molar-refractivity contribution in [3.63, 3.8) is 0 Å². The Kier molecular flexibility index (Phi) is 3.17. The van der Waals surface area contributed by atoms with E-state index in [1.807, 2.05) is 12.1 Å². The summed E-state index contributed by atoms with van der Waals surface area (Å²) in [6.07, 6.45) is -0.425. The summed E-state index contributed by atoms with van der Waals surface area (Å²) in [6.45, 7) is 1.36. The number of methoxy groups -OCH3 is 2. The van der Waals surface area contributed by atoms with Crippen molar-refractivity contribution in [3.05, 3.63) is 17.7 Å². The summed E-state index contributed by atoms with van der Waals surface area (Å²) in [4.78, 5) is 11.0. The average Bonchev–Trinajstić information content (AvgIpc) is 2.93. The van der Waals surface area contributed by atoms with Crippen LogP contribution in [0.1, 0.15) is 24.8 Å². The average molecular weight is 280 g/mol. The topological polar surface area (TPSA) is 63.2 Å². The molecule has 2 aliphatic heterocycles. The minimum absolute atomic E-state index is 0.0363. The number of hydrogen-bond acceptors (Lipinski definition) is 6. The smallest absolute Gasteiger partial charge is 0.304 e. The minimum atomic E-state index is -0.552. The summed E-state index contributed by atoms with van der Waals surface area (Å²) >= 11 is 0. The number of esters is 1. The first-order valence-corrected chi connectivity index (χ1v) is 6.38. The van der Waals surface area contributed by atoms with Crippen molar-refractivity contribution < 1.29 is 28.5 Å². The molecule has 1 saturated heterocycles. The van der Waals surface area contributed by atoms with Crippen molar-refractivity contribution >= 4 is 5.97 Å². The van der Waals surface area contributed by atoms with E-state index < -0.39 is 12.6 Å². The zero-order chi connectivity index (χ0) is 14.3. The fourth-order valence-corrected chi connectivity index (χ4v) is 2.71. The van der Waals surface area contributed by atoms with E-state index in [1.165, 1.54) is 6.92 Å². The van der Waals surface area contributed by atoms with Crippen molar-refractivity contribution in [3.8, 4) is 17.2 Å². The Balaban J connectivity index is 1.88. The Morgan fingerprint density at radius 1 is 1.30 bits per heavy atom. The van der Waals surface area contributed by atoms with E-state index >= 15 is 0 Å². The first-order valence-electron chi connectivity index (χ1n) is 6.38. The lowest BCUT2D eigenvalue weighted by Crippen LogP contribution is -2.19. The predicted molar refractivity (Wildman–Crippen MR) is 68.0 cm³/mol. The number of ether oxygens (including phenoxy) is 5. The molecule has 0 radical (unpaired) electrons. The normalized spacial score (nSPS) is 26.4. The van der Waals surface area contributed by atoms with Gasteiger partial charge in [-0.1, -0.05) is 6.07 Å². The van der Waals surface area contributed by atoms with Crippen LogP contribution in [0.5, 0.6) is 17.2 Å². The molecule has 1 fully saturated rings. The van der Waals surface area contributed by atoms with Gasteiger partial charge < -0.3 is 23.7 Å². The van der Waals surface area contributed by atoms with Crippen LogP contribution >= 0.6 is 0 Å². The monoisotopic (exact) mass is 280 g/mol. The summed E-state index contributed by atoms with van der Waals surface area (Å²) in [5.74, 6) is 1.49. The Morgan fingerprint density at radius 3 is 2.75 bits per heavy atom. The van der Waals surface area contributed by atoms with Crippen LogP contribution in [0, 0.1) is 0 Å². The van der Waals surface area contributed by atoms with Crippen LogP contribution < -0.4 is 14.2 Å². The van der Waals surface area contributed by atoms with Gasteiger partial charge in [-0.3, -0.25) is 4.79 Å². The zero-order valence-electron chi connectivity index (χ0n) is 11.5. The lowest BCUT2D eigenvalue weighted by molar-refractivity contribution is -0.188. The van der Waals surface area contributed by atoms with Gasteiger partial charge in [0.05, 0.1) is 20.1 Å². The molecule has 3 rings (SSSR count). The van der Waals surface area contributed by atoms with Gasteiger partial charge in [-0.2, -0.15) is 0 Å². The van der Waals surface area contributed by atoms with Gasteiger partial charge in [-0.15, -0.1) is 0 Å². The summed E-state index contributed by atoms with van der Waals surface area (Å²) in [6, 6.07) is 3.77. The number of carbonyl (C=O) groups excluding carboxylic acids is 1. The highest BCUT2D eigenvalue weighted by Crippen LogP contribution is 2.52. The minimum Gasteiger partial charge on any atom is -0.493 e. The molecule has 0 bridgehead atoms. The SMILES string of the molecule is COc1ccc2c(c1OC)OC1OC(OC(C)=O)CC21. The number of fused-ring (bicyclic) bond motifs is 3. The Morgan fingerprint density at radius 2 is 2.10 bits per heavy atom. The maximum atomic E-state index is 11.0. The molecule has 1 aromatic carbocycles. The van der Waals surface area contributed by atoms with Gasteiger partial charge in [0.1, 0.15) is 0 Å². The van der Waals surface area contributed by atoms with Crippen molar-refractivity contribution in [1.82, 2.24) is 0 Å². The molecule has 0 amide bonds. The van der Waals surface area contributed by atoms with Crippen LogP contribution in [0.2, 0.25) is 0 Å². The van der Waals surface area contributed by atoms with Gasteiger partial charge >= 0.3 is 5.97 Å². The molecule has 2 aliphatic rings. The molecule has 108 valence electrons. The van der Waals surface area contributed by atoms with Gasteiger partial charge in [0.2, 0.25) is 18.3 Å². The third kappa shape index (κ3) is 1.96. The third-order valence-electron chi connectivity index (χ3n) is 3.52. The Hall–Kier alpha value is -1.95. The quantitative estimate of drug-likeness (QED) is 0.787. The molecule has 0 spiro atoms. The number of benzene rings is 1. The van der Waals surface area contributed by atoms with Gasteiger partial charge in [0.25, 0.3) is 0 Å². The lowest BCUT2D eigenvalue weighted by Gasteiger charge is -2.15. The van der Waals surface area contributed by atoms with Crippen LogP contribution in [0.15, 0.2) is 12.1 Å². The highest BCUT2D eigenvalue weighted by Gasteiger charge is 2.46. The zero-order valence-corrected chi connectivity index (χ0v) is 11.5. The largest absolute Gasteiger partial charge is 0.493 e. The predicted octanol–water partition coefficient (Wildman–Crippen LogP) is 1.82. The number of rotatable bonds is 3. The maximum Gasteiger partial charge on any atom is 0.304 e. The van der Waals surface area contributed by atoms with Crippen LogP contribution in [-0.4, -0.2) is 32.8 Å². The van der Waals surface area contributed by atoms with Crippen LogP contribution in [0.25, 0.3) is 0 Å². The van der Waals surface area contributed by atoms with E-state index in [4.69, 9.17) is 23.7 Å². The maximum absolute atomic E-state index is 11.0. The van der Waals surface area contributed by atoms with Crippen LogP contribution in [0.4, 0.5) is 0 Å². The van der Waals surface area contributed by atoms with E-state index in [0.29, 0.717) is 23.7 Å². The summed E-state index contributed by atoms with van der Waals surface area (Å²) < 4.78 is 27.0. The molecule has 0 N–H and O–H groups in total. The molecule has 6 nitrogen and oxygen atoms in total. The Bertz CT molecular complexity index is 541. The van der Waals surface area contributed by atoms with E-state index in [1.54, 1.807) is 14.2 Å². The van der Waals surface area contributed by atoms with Gasteiger partial charge in [-0.25, -0.2) is 0 Å².